The zero-order chi connectivity index (χ0) is 39.5. The number of rotatable bonds is 7. The molecule has 10 aromatic rings. The predicted octanol–water partition coefficient (Wildman–Crippen LogP) is 14.2. The fraction of sp³-hybridized carbons (Fsp3) is 0.0556. The molecular formula is C54H38N4O. The minimum absolute atomic E-state index is 0.0915. The van der Waals surface area contributed by atoms with Crippen molar-refractivity contribution in [1.82, 2.24) is 15.0 Å². The SMILES string of the molecule is CC1(C)c2ccccc2-c2ccc(N(c3ccccc3)c3ccc(-c4ccc5c(c4)oc4cccc(-c6nc(-c7ccccc7)nc(-c7ccccc7)n6)c45)cc3)cc21. The summed E-state index contributed by atoms with van der Waals surface area (Å²) in [6, 6.07) is 67.9. The van der Waals surface area contributed by atoms with Crippen LogP contribution in [-0.4, -0.2) is 15.0 Å². The van der Waals surface area contributed by atoms with Gasteiger partial charge in [-0.1, -0.05) is 153 Å². The van der Waals surface area contributed by atoms with Crippen molar-refractivity contribution in [3.63, 3.8) is 0 Å². The Morgan fingerprint density at radius 2 is 0.949 bits per heavy atom. The van der Waals surface area contributed by atoms with Gasteiger partial charge in [-0.2, -0.15) is 0 Å². The summed E-state index contributed by atoms with van der Waals surface area (Å²) in [7, 11) is 0. The number of furan rings is 1. The summed E-state index contributed by atoms with van der Waals surface area (Å²) in [5, 5.41) is 1.99. The lowest BCUT2D eigenvalue weighted by Gasteiger charge is -2.28. The van der Waals surface area contributed by atoms with Crippen LogP contribution in [0.15, 0.2) is 199 Å². The molecule has 0 atom stereocenters. The average Bonchev–Trinajstić information content (AvgIpc) is 3.79. The van der Waals surface area contributed by atoms with Crippen molar-refractivity contribution in [1.29, 1.82) is 0 Å². The van der Waals surface area contributed by atoms with E-state index in [9.17, 15) is 0 Å². The summed E-state index contributed by atoms with van der Waals surface area (Å²) in [5.41, 5.74) is 15.1. The monoisotopic (exact) mass is 758 g/mol. The largest absolute Gasteiger partial charge is 0.456 e. The standard InChI is InChI=1S/C54H38N4O/c1-54(2)46-23-13-12-21-42(46)43-32-30-41(34-47(43)54)58(39-19-10-5-11-20-39)40-28-25-35(26-29-40)38-27-31-44-49(33-38)59-48-24-14-22-45(50(44)48)53-56-51(36-15-6-3-7-16-36)55-52(57-53)37-17-8-4-9-18-37/h3-34H,1-2H3. The van der Waals surface area contributed by atoms with Crippen molar-refractivity contribution in [3.8, 4) is 56.4 Å². The van der Waals surface area contributed by atoms with Crippen LogP contribution in [0, 0.1) is 0 Å². The molecule has 0 saturated heterocycles. The number of aromatic nitrogens is 3. The number of anilines is 3. The summed E-state index contributed by atoms with van der Waals surface area (Å²) < 4.78 is 6.58. The quantitative estimate of drug-likeness (QED) is 0.162. The molecule has 280 valence electrons. The Morgan fingerprint density at radius 3 is 1.66 bits per heavy atom. The van der Waals surface area contributed by atoms with Gasteiger partial charge < -0.3 is 9.32 Å². The second kappa shape index (κ2) is 13.8. The van der Waals surface area contributed by atoms with Gasteiger partial charge in [-0.05, 0) is 88.0 Å². The molecule has 0 saturated carbocycles. The van der Waals surface area contributed by atoms with Crippen molar-refractivity contribution < 1.29 is 4.42 Å². The normalized spacial score (nSPS) is 12.7. The number of para-hydroxylation sites is 1. The molecule has 2 heterocycles. The number of hydrogen-bond acceptors (Lipinski definition) is 5. The van der Waals surface area contributed by atoms with E-state index < -0.39 is 0 Å². The van der Waals surface area contributed by atoms with Gasteiger partial charge in [-0.25, -0.2) is 15.0 Å². The van der Waals surface area contributed by atoms with Crippen molar-refractivity contribution in [3.05, 3.63) is 205 Å². The fourth-order valence-corrected chi connectivity index (χ4v) is 8.78. The molecule has 0 amide bonds. The summed E-state index contributed by atoms with van der Waals surface area (Å²) in [4.78, 5) is 17.3. The van der Waals surface area contributed by atoms with Crippen molar-refractivity contribution >= 4 is 39.0 Å². The van der Waals surface area contributed by atoms with E-state index in [0.29, 0.717) is 17.5 Å². The van der Waals surface area contributed by atoms with Crippen molar-refractivity contribution in [2.24, 2.45) is 0 Å². The molecule has 2 aromatic heterocycles. The van der Waals surface area contributed by atoms with Crippen molar-refractivity contribution in [2.45, 2.75) is 19.3 Å². The first-order valence-corrected chi connectivity index (χ1v) is 20.0. The molecule has 1 aliphatic rings. The number of fused-ring (bicyclic) bond motifs is 6. The topological polar surface area (TPSA) is 55.1 Å². The van der Waals surface area contributed by atoms with Gasteiger partial charge in [0.2, 0.25) is 0 Å². The number of nitrogens with zero attached hydrogens (tertiary/aromatic N) is 4. The minimum atomic E-state index is -0.0915. The maximum absolute atomic E-state index is 6.58. The third kappa shape index (κ3) is 5.90. The molecule has 8 aromatic carbocycles. The maximum atomic E-state index is 6.58. The van der Waals surface area contributed by atoms with E-state index >= 15 is 0 Å². The number of benzene rings is 8. The molecule has 0 unspecified atom stereocenters. The van der Waals surface area contributed by atoms with Crippen LogP contribution in [0.2, 0.25) is 0 Å². The van der Waals surface area contributed by atoms with Gasteiger partial charge in [-0.15, -0.1) is 0 Å². The molecule has 59 heavy (non-hydrogen) atoms. The molecule has 11 rings (SSSR count). The average molecular weight is 759 g/mol. The Bertz CT molecular complexity index is 3120. The molecule has 0 spiro atoms. The third-order valence-corrected chi connectivity index (χ3v) is 11.7. The van der Waals surface area contributed by atoms with Gasteiger partial charge in [0.25, 0.3) is 0 Å². The number of hydrogen-bond donors (Lipinski definition) is 0. The van der Waals surface area contributed by atoms with E-state index in [1.807, 2.05) is 72.8 Å². The Labute approximate surface area is 342 Å². The highest BCUT2D eigenvalue weighted by molar-refractivity contribution is 6.12. The van der Waals surface area contributed by atoms with Gasteiger partial charge in [-0.3, -0.25) is 0 Å². The second-order valence-corrected chi connectivity index (χ2v) is 15.6. The Balaban J connectivity index is 0.970. The van der Waals surface area contributed by atoms with E-state index in [1.165, 1.54) is 22.3 Å². The first-order valence-electron chi connectivity index (χ1n) is 20.0. The van der Waals surface area contributed by atoms with Crippen LogP contribution in [0.25, 0.3) is 78.4 Å². The second-order valence-electron chi connectivity index (χ2n) is 15.6. The smallest absolute Gasteiger partial charge is 0.164 e. The van der Waals surface area contributed by atoms with Crippen molar-refractivity contribution in [2.75, 3.05) is 4.90 Å². The van der Waals surface area contributed by atoms with Crippen LogP contribution < -0.4 is 4.90 Å². The lowest BCUT2D eigenvalue weighted by Crippen LogP contribution is -2.16. The van der Waals surface area contributed by atoms with Gasteiger partial charge >= 0.3 is 0 Å². The van der Waals surface area contributed by atoms with Gasteiger partial charge in [0.15, 0.2) is 17.5 Å². The van der Waals surface area contributed by atoms with E-state index in [0.717, 1.165) is 66.8 Å². The lowest BCUT2D eigenvalue weighted by molar-refractivity contribution is 0.660. The highest BCUT2D eigenvalue weighted by atomic mass is 16.3. The zero-order valence-corrected chi connectivity index (χ0v) is 32.7. The van der Waals surface area contributed by atoms with Gasteiger partial charge in [0, 0.05) is 49.9 Å². The highest BCUT2D eigenvalue weighted by Crippen LogP contribution is 2.50. The van der Waals surface area contributed by atoms with Crippen LogP contribution >= 0.6 is 0 Å². The van der Waals surface area contributed by atoms with E-state index in [1.54, 1.807) is 0 Å². The zero-order valence-electron chi connectivity index (χ0n) is 32.7. The first kappa shape index (κ1) is 34.6. The van der Waals surface area contributed by atoms with E-state index in [4.69, 9.17) is 19.4 Å². The third-order valence-electron chi connectivity index (χ3n) is 11.7. The Morgan fingerprint density at radius 1 is 0.390 bits per heavy atom. The molecule has 0 bridgehead atoms. The summed E-state index contributed by atoms with van der Waals surface area (Å²) >= 11 is 0. The van der Waals surface area contributed by atoms with Crippen LogP contribution in [0.1, 0.15) is 25.0 Å². The minimum Gasteiger partial charge on any atom is -0.456 e. The molecule has 5 heteroatoms. The molecule has 0 aliphatic heterocycles. The molecule has 0 fully saturated rings. The summed E-state index contributed by atoms with van der Waals surface area (Å²) in [6.45, 7) is 4.67. The van der Waals surface area contributed by atoms with E-state index in [2.05, 4.69) is 140 Å². The van der Waals surface area contributed by atoms with Gasteiger partial charge in [0.05, 0.1) is 0 Å². The predicted molar refractivity (Wildman–Crippen MR) is 241 cm³/mol. The summed E-state index contributed by atoms with van der Waals surface area (Å²) in [5.74, 6) is 1.85. The lowest BCUT2D eigenvalue weighted by atomic mass is 9.82. The Hall–Kier alpha value is -7.63. The van der Waals surface area contributed by atoms with Crippen LogP contribution in [0.4, 0.5) is 17.1 Å². The summed E-state index contributed by atoms with van der Waals surface area (Å²) in [6.07, 6.45) is 0. The van der Waals surface area contributed by atoms with Crippen LogP contribution in [0.3, 0.4) is 0 Å². The Kier molecular flexibility index (Phi) is 8.09. The molecule has 1 aliphatic carbocycles. The maximum Gasteiger partial charge on any atom is 0.164 e. The first-order chi connectivity index (χ1) is 29.0. The van der Waals surface area contributed by atoms with E-state index in [-0.39, 0.29) is 5.41 Å². The van der Waals surface area contributed by atoms with Gasteiger partial charge in [0.1, 0.15) is 11.2 Å². The molecule has 5 nitrogen and oxygen atoms in total. The molecule has 0 N–H and O–H groups in total. The van der Waals surface area contributed by atoms with Crippen LogP contribution in [-0.2, 0) is 5.41 Å². The highest BCUT2D eigenvalue weighted by Gasteiger charge is 2.35. The van der Waals surface area contributed by atoms with Crippen LogP contribution in [0.5, 0.6) is 0 Å². The fourth-order valence-electron chi connectivity index (χ4n) is 8.78. The molecule has 0 radical (unpaired) electrons. The molecular weight excluding hydrogens is 721 g/mol.